The number of aromatic hydroxyl groups is 1. The van der Waals surface area contributed by atoms with Gasteiger partial charge in [-0.2, -0.15) is 0 Å². The summed E-state index contributed by atoms with van der Waals surface area (Å²) in [6.07, 6.45) is -0.660. The van der Waals surface area contributed by atoms with Crippen molar-refractivity contribution in [3.05, 3.63) is 33.7 Å². The Morgan fingerprint density at radius 1 is 1.43 bits per heavy atom. The molecule has 0 spiro atoms. The van der Waals surface area contributed by atoms with E-state index in [0.29, 0.717) is 42.1 Å². The van der Waals surface area contributed by atoms with Crippen molar-refractivity contribution in [3.8, 4) is 11.5 Å². The Hall–Kier alpha value is -2.09. The van der Waals surface area contributed by atoms with Crippen molar-refractivity contribution in [1.82, 2.24) is 4.90 Å². The molecule has 0 amide bonds. The molecule has 2 heterocycles. The zero-order valence-electron chi connectivity index (χ0n) is 13.0. The Labute approximate surface area is 132 Å². The maximum Gasteiger partial charge on any atom is 0.339 e. The van der Waals surface area contributed by atoms with Crippen molar-refractivity contribution in [1.29, 1.82) is 0 Å². The molecule has 2 aromatic rings. The minimum absolute atomic E-state index is 0.0930. The Morgan fingerprint density at radius 2 is 2.22 bits per heavy atom. The van der Waals surface area contributed by atoms with Crippen LogP contribution in [0.4, 0.5) is 0 Å². The Bertz CT molecular complexity index is 778. The molecule has 1 aromatic carbocycles. The van der Waals surface area contributed by atoms with Crippen LogP contribution in [0, 0.1) is 6.92 Å². The number of phenolic OH excluding ortho intramolecular Hbond substituents is 1. The molecule has 0 saturated carbocycles. The van der Waals surface area contributed by atoms with E-state index in [0.717, 1.165) is 0 Å². The number of fused-ring (bicyclic) bond motifs is 1. The van der Waals surface area contributed by atoms with E-state index in [9.17, 15) is 15.0 Å². The van der Waals surface area contributed by atoms with Crippen LogP contribution in [0.3, 0.4) is 0 Å². The molecule has 1 saturated heterocycles. The zero-order chi connectivity index (χ0) is 16.6. The summed E-state index contributed by atoms with van der Waals surface area (Å²) in [6, 6.07) is 2.98. The second-order valence-electron chi connectivity index (χ2n) is 5.55. The minimum atomic E-state index is -0.810. The first-order chi connectivity index (χ1) is 11.0. The summed E-state index contributed by atoms with van der Waals surface area (Å²) in [7, 11) is 1.45. The van der Waals surface area contributed by atoms with Crippen LogP contribution < -0.4 is 10.4 Å². The van der Waals surface area contributed by atoms with E-state index in [1.807, 2.05) is 0 Å². The van der Waals surface area contributed by atoms with Crippen molar-refractivity contribution in [2.45, 2.75) is 19.6 Å². The van der Waals surface area contributed by atoms with Crippen molar-refractivity contribution >= 4 is 11.0 Å². The van der Waals surface area contributed by atoms with Gasteiger partial charge in [-0.1, -0.05) is 0 Å². The Kier molecular flexibility index (Phi) is 4.25. The third-order valence-electron chi connectivity index (χ3n) is 4.17. The van der Waals surface area contributed by atoms with Gasteiger partial charge < -0.3 is 24.1 Å². The number of aryl methyl sites for hydroxylation is 1. The molecule has 1 atom stereocenters. The molecule has 1 unspecified atom stereocenters. The number of nitrogens with zero attached hydrogens (tertiary/aromatic N) is 1. The first-order valence-corrected chi connectivity index (χ1v) is 7.34. The van der Waals surface area contributed by atoms with E-state index in [2.05, 4.69) is 0 Å². The highest BCUT2D eigenvalue weighted by atomic mass is 16.5. The van der Waals surface area contributed by atoms with E-state index in [1.54, 1.807) is 17.9 Å². The molecule has 1 aliphatic rings. The third kappa shape index (κ3) is 2.90. The Morgan fingerprint density at radius 3 is 2.87 bits per heavy atom. The SMILES string of the molecule is COc1cc2c(C)c(CC(O)N3CCOC3)c(=O)oc2cc1O. The molecule has 0 radical (unpaired) electrons. The molecule has 2 N–H and O–H groups in total. The summed E-state index contributed by atoms with van der Waals surface area (Å²) in [5.74, 6) is 0.207. The van der Waals surface area contributed by atoms with Crippen molar-refractivity contribution in [3.63, 3.8) is 0 Å². The number of hydrogen-bond donors (Lipinski definition) is 2. The van der Waals surface area contributed by atoms with Crippen LogP contribution in [-0.4, -0.2) is 48.3 Å². The lowest BCUT2D eigenvalue weighted by Gasteiger charge is -2.21. The number of rotatable bonds is 4. The summed E-state index contributed by atoms with van der Waals surface area (Å²) in [5, 5.41) is 20.7. The molecular formula is C16H19NO6. The molecule has 1 aliphatic heterocycles. The Balaban J connectivity index is 2.03. The van der Waals surface area contributed by atoms with Crippen LogP contribution in [-0.2, 0) is 11.2 Å². The molecule has 23 heavy (non-hydrogen) atoms. The van der Waals surface area contributed by atoms with Gasteiger partial charge in [0.25, 0.3) is 0 Å². The second-order valence-corrected chi connectivity index (χ2v) is 5.55. The van der Waals surface area contributed by atoms with Gasteiger partial charge >= 0.3 is 5.63 Å². The van der Waals surface area contributed by atoms with Crippen LogP contribution in [0.15, 0.2) is 21.3 Å². The summed E-state index contributed by atoms with van der Waals surface area (Å²) < 4.78 is 15.6. The normalized spacial score (nSPS) is 16.8. The molecule has 3 rings (SSSR count). The molecule has 7 heteroatoms. The first kappa shape index (κ1) is 15.8. The van der Waals surface area contributed by atoms with Crippen LogP contribution in [0.1, 0.15) is 11.1 Å². The number of phenols is 1. The number of benzene rings is 1. The van der Waals surface area contributed by atoms with Gasteiger partial charge in [-0.3, -0.25) is 4.90 Å². The maximum atomic E-state index is 12.2. The highest BCUT2D eigenvalue weighted by Gasteiger charge is 2.23. The lowest BCUT2D eigenvalue weighted by Crippen LogP contribution is -2.36. The van der Waals surface area contributed by atoms with Crippen molar-refractivity contribution in [2.75, 3.05) is 27.0 Å². The standard InChI is InChI=1S/C16H19NO6/c1-9-10-5-14(21-2)12(18)7-13(10)23-16(20)11(9)6-15(19)17-3-4-22-8-17/h5,7,15,18-19H,3-4,6,8H2,1-2H3. The van der Waals surface area contributed by atoms with Gasteiger partial charge in [0.15, 0.2) is 11.5 Å². The fourth-order valence-electron chi connectivity index (χ4n) is 2.78. The van der Waals surface area contributed by atoms with Gasteiger partial charge in [0.2, 0.25) is 0 Å². The van der Waals surface area contributed by atoms with Gasteiger partial charge in [-0.15, -0.1) is 0 Å². The van der Waals surface area contributed by atoms with Gasteiger partial charge in [-0.05, 0) is 18.6 Å². The number of aliphatic hydroxyl groups is 1. The zero-order valence-corrected chi connectivity index (χ0v) is 13.0. The van der Waals surface area contributed by atoms with E-state index in [4.69, 9.17) is 13.9 Å². The fourth-order valence-corrected chi connectivity index (χ4v) is 2.78. The summed E-state index contributed by atoms with van der Waals surface area (Å²) in [6.45, 7) is 3.33. The molecule has 0 aliphatic carbocycles. The number of methoxy groups -OCH3 is 1. The molecule has 1 fully saturated rings. The van der Waals surface area contributed by atoms with Crippen LogP contribution in [0.25, 0.3) is 11.0 Å². The maximum absolute atomic E-state index is 12.2. The number of aliphatic hydroxyl groups excluding tert-OH is 1. The first-order valence-electron chi connectivity index (χ1n) is 7.34. The van der Waals surface area contributed by atoms with Gasteiger partial charge in [0.1, 0.15) is 18.5 Å². The van der Waals surface area contributed by atoms with Crippen LogP contribution >= 0.6 is 0 Å². The van der Waals surface area contributed by atoms with Gasteiger partial charge in [0.05, 0.1) is 13.7 Å². The highest BCUT2D eigenvalue weighted by Crippen LogP contribution is 2.33. The minimum Gasteiger partial charge on any atom is -0.504 e. The number of ether oxygens (including phenoxy) is 2. The summed E-state index contributed by atoms with van der Waals surface area (Å²) >= 11 is 0. The summed E-state index contributed by atoms with van der Waals surface area (Å²) in [5.41, 5.74) is 0.880. The van der Waals surface area contributed by atoms with E-state index in [1.165, 1.54) is 13.2 Å². The number of hydrogen-bond acceptors (Lipinski definition) is 7. The fraction of sp³-hybridized carbons (Fsp3) is 0.438. The largest absolute Gasteiger partial charge is 0.504 e. The highest BCUT2D eigenvalue weighted by molar-refractivity contribution is 5.84. The lowest BCUT2D eigenvalue weighted by molar-refractivity contribution is -0.00812. The molecular weight excluding hydrogens is 302 g/mol. The van der Waals surface area contributed by atoms with E-state index < -0.39 is 11.9 Å². The average Bonchev–Trinajstić information content (AvgIpc) is 3.05. The predicted octanol–water partition coefficient (Wildman–Crippen LogP) is 0.966. The molecule has 124 valence electrons. The van der Waals surface area contributed by atoms with Crippen molar-refractivity contribution < 1.29 is 24.1 Å². The average molecular weight is 321 g/mol. The quantitative estimate of drug-likeness (QED) is 0.811. The van der Waals surface area contributed by atoms with Gasteiger partial charge in [-0.25, -0.2) is 4.79 Å². The van der Waals surface area contributed by atoms with Crippen LogP contribution in [0.5, 0.6) is 11.5 Å². The monoisotopic (exact) mass is 321 g/mol. The van der Waals surface area contributed by atoms with Gasteiger partial charge in [0, 0.05) is 30.0 Å². The summed E-state index contributed by atoms with van der Waals surface area (Å²) in [4.78, 5) is 14.0. The molecule has 7 nitrogen and oxygen atoms in total. The smallest absolute Gasteiger partial charge is 0.339 e. The third-order valence-corrected chi connectivity index (χ3v) is 4.17. The van der Waals surface area contributed by atoms with Crippen molar-refractivity contribution in [2.24, 2.45) is 0 Å². The lowest BCUT2D eigenvalue weighted by atomic mass is 10.0. The molecule has 0 bridgehead atoms. The van der Waals surface area contributed by atoms with Crippen LogP contribution in [0.2, 0.25) is 0 Å². The second kappa shape index (κ2) is 6.19. The molecule has 1 aromatic heterocycles. The topological polar surface area (TPSA) is 92.4 Å². The predicted molar refractivity (Wildman–Crippen MR) is 82.7 cm³/mol. The van der Waals surface area contributed by atoms with E-state index in [-0.39, 0.29) is 17.8 Å². The van der Waals surface area contributed by atoms with E-state index >= 15 is 0 Å².